The lowest BCUT2D eigenvalue weighted by Gasteiger charge is -2.42. The highest BCUT2D eigenvalue weighted by atomic mass is 19.3. The number of carbonyl (C=O) groups excluding carboxylic acids is 3. The van der Waals surface area contributed by atoms with Crippen molar-refractivity contribution in [3.63, 3.8) is 0 Å². The lowest BCUT2D eigenvalue weighted by molar-refractivity contribution is -0.142. The number of carbonyl (C=O) groups is 3. The molecule has 1 heterocycles. The molecule has 9 heteroatoms. The largest absolute Gasteiger partial charge is 0.348 e. The number of nitrogens with one attached hydrogen (secondary N) is 3. The molecule has 3 N–H and O–H groups in total. The fourth-order valence-electron chi connectivity index (χ4n) is 6.29. The Morgan fingerprint density at radius 3 is 2.24 bits per heavy atom. The number of rotatable bonds is 10. The normalized spacial score (nSPS) is 23.0. The van der Waals surface area contributed by atoms with E-state index in [2.05, 4.69) is 22.5 Å². The molecule has 0 bridgehead atoms. The fraction of sp³-hybridized carbons (Fsp3) is 0.667. The predicted octanol–water partition coefficient (Wildman–Crippen LogP) is 5.74. The van der Waals surface area contributed by atoms with Crippen molar-refractivity contribution in [3.05, 3.63) is 48.0 Å². The Morgan fingerprint density at radius 2 is 1.67 bits per heavy atom. The van der Waals surface area contributed by atoms with Gasteiger partial charge in [-0.3, -0.25) is 9.59 Å². The molecule has 3 unspecified atom stereocenters. The van der Waals surface area contributed by atoms with Crippen molar-refractivity contribution in [2.45, 2.75) is 121 Å². The van der Waals surface area contributed by atoms with Gasteiger partial charge in [-0.05, 0) is 62.3 Å². The van der Waals surface area contributed by atoms with Gasteiger partial charge < -0.3 is 20.9 Å². The molecule has 3 fully saturated rings. The molecule has 3 aliphatic rings. The van der Waals surface area contributed by atoms with Gasteiger partial charge in [-0.15, -0.1) is 0 Å². The van der Waals surface area contributed by atoms with Crippen molar-refractivity contribution in [2.24, 2.45) is 11.3 Å². The van der Waals surface area contributed by atoms with Crippen LogP contribution in [-0.4, -0.2) is 58.9 Å². The van der Waals surface area contributed by atoms with Gasteiger partial charge in [0.15, 0.2) is 0 Å². The molecule has 4 amide bonds. The summed E-state index contributed by atoms with van der Waals surface area (Å²) in [5.74, 6) is -2.63. The lowest BCUT2D eigenvalue weighted by Crippen LogP contribution is -2.62. The van der Waals surface area contributed by atoms with Crippen LogP contribution in [0, 0.1) is 11.3 Å². The van der Waals surface area contributed by atoms with Crippen molar-refractivity contribution in [3.8, 4) is 0 Å². The second-order valence-electron chi connectivity index (χ2n) is 14.0. The molecule has 0 spiro atoms. The number of nitrogens with zero attached hydrogens (tertiary/aromatic N) is 1. The summed E-state index contributed by atoms with van der Waals surface area (Å²) in [5.41, 5.74) is 0.346. The SMILES string of the molecule is C=C(C)C(CC1CC1)NC(=O)C1CCCN1C(=O)C(NC(=O)NC1(Cc2ccccc2)CCC(F)(F)CC1)C(C)(C)C. The van der Waals surface area contributed by atoms with Crippen molar-refractivity contribution >= 4 is 17.8 Å². The van der Waals surface area contributed by atoms with Crippen LogP contribution in [0.25, 0.3) is 0 Å². The van der Waals surface area contributed by atoms with E-state index in [1.165, 1.54) is 12.8 Å². The third-order valence-corrected chi connectivity index (χ3v) is 9.11. The molecule has 2 saturated carbocycles. The van der Waals surface area contributed by atoms with Gasteiger partial charge in [0, 0.05) is 31.0 Å². The van der Waals surface area contributed by atoms with E-state index in [0.717, 1.165) is 17.6 Å². The van der Waals surface area contributed by atoms with Gasteiger partial charge in [0.05, 0.1) is 0 Å². The molecule has 1 aromatic carbocycles. The van der Waals surface area contributed by atoms with E-state index < -0.39 is 35.0 Å². The first-order chi connectivity index (χ1) is 19.7. The zero-order valence-electron chi connectivity index (χ0n) is 25.6. The second-order valence-corrected chi connectivity index (χ2v) is 14.0. The summed E-state index contributed by atoms with van der Waals surface area (Å²) in [5, 5.41) is 9.04. The predicted molar refractivity (Wildman–Crippen MR) is 160 cm³/mol. The molecule has 232 valence electrons. The summed E-state index contributed by atoms with van der Waals surface area (Å²) >= 11 is 0. The highest BCUT2D eigenvalue weighted by Crippen LogP contribution is 2.40. The Labute approximate surface area is 249 Å². The number of hydrogen-bond acceptors (Lipinski definition) is 3. The smallest absolute Gasteiger partial charge is 0.315 e. The van der Waals surface area contributed by atoms with E-state index in [4.69, 9.17) is 0 Å². The number of likely N-dealkylation sites (tertiary alicyclic amines) is 1. The number of benzene rings is 1. The van der Waals surface area contributed by atoms with Crippen molar-refractivity contribution in [1.82, 2.24) is 20.9 Å². The zero-order chi connectivity index (χ0) is 30.7. The number of amides is 4. The monoisotopic (exact) mass is 586 g/mol. The van der Waals surface area contributed by atoms with Gasteiger partial charge in [-0.25, -0.2) is 13.6 Å². The quantitative estimate of drug-likeness (QED) is 0.305. The van der Waals surface area contributed by atoms with Crippen molar-refractivity contribution in [2.75, 3.05) is 6.54 Å². The first kappa shape index (κ1) is 32.0. The van der Waals surface area contributed by atoms with Crippen LogP contribution in [-0.2, 0) is 16.0 Å². The molecule has 1 aliphatic heterocycles. The minimum atomic E-state index is -2.75. The Bertz CT molecular complexity index is 1140. The molecule has 0 aromatic heterocycles. The standard InChI is InChI=1S/C33H48F2N4O3/c1-22(2)25(20-23-13-14-23)36-28(40)26-12-9-19-39(26)29(41)27(31(3,4)5)37-30(42)38-32(15-17-33(34,35)18-16-32)21-24-10-7-6-8-11-24/h6-8,10-11,23,25-27H,1,9,12-21H2,2-5H3,(H,36,40)(H2,37,38,42). The Morgan fingerprint density at radius 1 is 1.02 bits per heavy atom. The van der Waals surface area contributed by atoms with E-state index in [1.54, 1.807) is 4.90 Å². The fourth-order valence-corrected chi connectivity index (χ4v) is 6.29. The van der Waals surface area contributed by atoms with Gasteiger partial charge >= 0.3 is 6.03 Å². The minimum absolute atomic E-state index is 0.117. The number of alkyl halides is 2. The summed E-state index contributed by atoms with van der Waals surface area (Å²) in [7, 11) is 0. The molecule has 1 saturated heterocycles. The van der Waals surface area contributed by atoms with Gasteiger partial charge in [-0.1, -0.05) is 76.1 Å². The van der Waals surface area contributed by atoms with Gasteiger partial charge in [0.1, 0.15) is 12.1 Å². The number of halogens is 2. The van der Waals surface area contributed by atoms with Crippen LogP contribution < -0.4 is 16.0 Å². The van der Waals surface area contributed by atoms with Crippen molar-refractivity contribution < 1.29 is 23.2 Å². The second kappa shape index (κ2) is 12.7. The Hall–Kier alpha value is -2.97. The van der Waals surface area contributed by atoms with Crippen LogP contribution in [0.2, 0.25) is 0 Å². The average Bonchev–Trinajstić information content (AvgIpc) is 3.59. The summed E-state index contributed by atoms with van der Waals surface area (Å²) < 4.78 is 28.3. The van der Waals surface area contributed by atoms with E-state index in [1.807, 2.05) is 58.0 Å². The molecular formula is C33H48F2N4O3. The Kier molecular flexibility index (Phi) is 9.68. The maximum Gasteiger partial charge on any atom is 0.315 e. The van der Waals surface area contributed by atoms with Gasteiger partial charge in [0.2, 0.25) is 17.7 Å². The summed E-state index contributed by atoms with van der Waals surface area (Å²) in [6, 6.07) is 7.33. The molecule has 4 rings (SSSR count). The van der Waals surface area contributed by atoms with Crippen LogP contribution in [0.3, 0.4) is 0 Å². The molecule has 2 aliphatic carbocycles. The average molecular weight is 587 g/mol. The summed E-state index contributed by atoms with van der Waals surface area (Å²) in [4.78, 5) is 42.5. The van der Waals surface area contributed by atoms with Gasteiger partial charge in [-0.2, -0.15) is 0 Å². The number of urea groups is 1. The summed E-state index contributed by atoms with van der Waals surface area (Å²) in [6.07, 6.45) is 4.54. The van der Waals surface area contributed by atoms with Crippen LogP contribution in [0.4, 0.5) is 13.6 Å². The zero-order valence-corrected chi connectivity index (χ0v) is 25.6. The molecule has 0 radical (unpaired) electrons. The molecular weight excluding hydrogens is 538 g/mol. The maximum atomic E-state index is 14.1. The summed E-state index contributed by atoms with van der Waals surface area (Å²) in [6.45, 7) is 12.0. The molecule has 3 atom stereocenters. The van der Waals surface area contributed by atoms with Crippen LogP contribution in [0.15, 0.2) is 42.5 Å². The Balaban J connectivity index is 1.46. The van der Waals surface area contributed by atoms with Gasteiger partial charge in [0.25, 0.3) is 0 Å². The first-order valence-corrected chi connectivity index (χ1v) is 15.4. The lowest BCUT2D eigenvalue weighted by atomic mass is 9.76. The van der Waals surface area contributed by atoms with E-state index >= 15 is 0 Å². The first-order valence-electron chi connectivity index (χ1n) is 15.4. The molecule has 7 nitrogen and oxygen atoms in total. The van der Waals surface area contributed by atoms with Crippen LogP contribution >= 0.6 is 0 Å². The van der Waals surface area contributed by atoms with E-state index in [0.29, 0.717) is 31.7 Å². The third kappa shape index (κ3) is 8.32. The minimum Gasteiger partial charge on any atom is -0.348 e. The maximum absolute atomic E-state index is 14.1. The topological polar surface area (TPSA) is 90.5 Å². The van der Waals surface area contributed by atoms with Crippen LogP contribution in [0.5, 0.6) is 0 Å². The highest BCUT2D eigenvalue weighted by Gasteiger charge is 2.46. The molecule has 1 aromatic rings. The highest BCUT2D eigenvalue weighted by molar-refractivity contribution is 5.93. The van der Waals surface area contributed by atoms with E-state index in [-0.39, 0.29) is 43.5 Å². The number of hydrogen-bond donors (Lipinski definition) is 3. The third-order valence-electron chi connectivity index (χ3n) is 9.11. The van der Waals surface area contributed by atoms with Crippen LogP contribution in [0.1, 0.15) is 91.0 Å². The van der Waals surface area contributed by atoms with E-state index in [9.17, 15) is 23.2 Å². The molecule has 42 heavy (non-hydrogen) atoms. The van der Waals surface area contributed by atoms with Crippen molar-refractivity contribution in [1.29, 1.82) is 0 Å².